The summed E-state index contributed by atoms with van der Waals surface area (Å²) >= 11 is 0. The minimum absolute atomic E-state index is 0.432. The van der Waals surface area contributed by atoms with Crippen LogP contribution in [0.4, 0.5) is 0 Å². The van der Waals surface area contributed by atoms with Crippen molar-refractivity contribution in [1.29, 1.82) is 0 Å². The molecule has 4 heterocycles. The summed E-state index contributed by atoms with van der Waals surface area (Å²) in [5.41, 5.74) is 6.14. The van der Waals surface area contributed by atoms with Gasteiger partial charge in [-0.15, -0.1) is 0 Å². The lowest BCUT2D eigenvalue weighted by Gasteiger charge is -2.26. The van der Waals surface area contributed by atoms with Crippen molar-refractivity contribution < 1.29 is 4.74 Å². The summed E-state index contributed by atoms with van der Waals surface area (Å²) in [6.07, 6.45) is 10.6. The second kappa shape index (κ2) is 7.40. The summed E-state index contributed by atoms with van der Waals surface area (Å²) < 4.78 is 7.69. The number of aromatic nitrogens is 3. The van der Waals surface area contributed by atoms with Crippen molar-refractivity contribution in [3.05, 3.63) is 65.7 Å². The summed E-state index contributed by atoms with van der Waals surface area (Å²) in [7, 11) is 1.95. The first-order valence-corrected chi connectivity index (χ1v) is 10.2. The molecule has 0 bridgehead atoms. The van der Waals surface area contributed by atoms with Crippen LogP contribution in [-0.2, 0) is 20.0 Å². The SMILES string of the molecule is Cn1cc(-c2ccc(CN3CCC[C@@H]3c3cnc4c(c3)OCCC4)cc2)cn1. The van der Waals surface area contributed by atoms with Crippen molar-refractivity contribution in [3.8, 4) is 16.9 Å². The van der Waals surface area contributed by atoms with E-state index in [4.69, 9.17) is 9.72 Å². The van der Waals surface area contributed by atoms with Gasteiger partial charge in [-0.3, -0.25) is 14.6 Å². The Morgan fingerprint density at radius 1 is 1.11 bits per heavy atom. The molecular formula is C23H26N4O. The highest BCUT2D eigenvalue weighted by molar-refractivity contribution is 5.61. The van der Waals surface area contributed by atoms with E-state index in [0.717, 1.165) is 49.5 Å². The van der Waals surface area contributed by atoms with Gasteiger partial charge in [0.25, 0.3) is 0 Å². The fourth-order valence-electron chi connectivity index (χ4n) is 4.40. The zero-order valence-electron chi connectivity index (χ0n) is 16.3. The Labute approximate surface area is 166 Å². The van der Waals surface area contributed by atoms with Gasteiger partial charge in [-0.05, 0) is 55.0 Å². The first-order chi connectivity index (χ1) is 13.8. The third kappa shape index (κ3) is 3.42. The fourth-order valence-corrected chi connectivity index (χ4v) is 4.40. The van der Waals surface area contributed by atoms with Gasteiger partial charge in [0.15, 0.2) is 0 Å². The highest BCUT2D eigenvalue weighted by Crippen LogP contribution is 2.36. The van der Waals surface area contributed by atoms with Gasteiger partial charge in [0.05, 0.1) is 18.5 Å². The molecule has 0 unspecified atom stereocenters. The number of pyridine rings is 1. The first kappa shape index (κ1) is 17.4. The summed E-state index contributed by atoms with van der Waals surface area (Å²) in [6.45, 7) is 2.92. The molecule has 3 aromatic rings. The maximum Gasteiger partial charge on any atom is 0.141 e. The van der Waals surface area contributed by atoms with Gasteiger partial charge in [0.2, 0.25) is 0 Å². The maximum absolute atomic E-state index is 5.85. The second-order valence-corrected chi connectivity index (χ2v) is 7.89. The van der Waals surface area contributed by atoms with Crippen molar-refractivity contribution in [1.82, 2.24) is 19.7 Å². The first-order valence-electron chi connectivity index (χ1n) is 10.2. The van der Waals surface area contributed by atoms with Crippen molar-refractivity contribution in [3.63, 3.8) is 0 Å². The zero-order valence-corrected chi connectivity index (χ0v) is 16.3. The molecule has 1 aromatic carbocycles. The highest BCUT2D eigenvalue weighted by atomic mass is 16.5. The molecule has 144 valence electrons. The van der Waals surface area contributed by atoms with E-state index in [-0.39, 0.29) is 0 Å². The van der Waals surface area contributed by atoms with E-state index < -0.39 is 0 Å². The number of aryl methyl sites for hydroxylation is 2. The van der Waals surface area contributed by atoms with E-state index in [1.807, 2.05) is 17.9 Å². The summed E-state index contributed by atoms with van der Waals surface area (Å²) in [6, 6.07) is 11.5. The van der Waals surface area contributed by atoms with E-state index in [2.05, 4.69) is 52.7 Å². The number of likely N-dealkylation sites (tertiary alicyclic amines) is 1. The average molecular weight is 374 g/mol. The minimum Gasteiger partial charge on any atom is -0.492 e. The molecule has 0 radical (unpaired) electrons. The van der Waals surface area contributed by atoms with Gasteiger partial charge in [-0.2, -0.15) is 5.10 Å². The van der Waals surface area contributed by atoms with E-state index in [1.54, 1.807) is 0 Å². The Morgan fingerprint density at radius 2 is 2.00 bits per heavy atom. The Morgan fingerprint density at radius 3 is 2.82 bits per heavy atom. The molecule has 1 saturated heterocycles. The largest absolute Gasteiger partial charge is 0.492 e. The number of ether oxygens (including phenoxy) is 1. The van der Waals surface area contributed by atoms with Crippen LogP contribution >= 0.6 is 0 Å². The van der Waals surface area contributed by atoms with Gasteiger partial charge in [0, 0.05) is 37.6 Å². The van der Waals surface area contributed by atoms with Crippen molar-refractivity contribution in [2.75, 3.05) is 13.2 Å². The highest BCUT2D eigenvalue weighted by Gasteiger charge is 2.27. The summed E-state index contributed by atoms with van der Waals surface area (Å²) in [4.78, 5) is 7.27. The molecule has 0 saturated carbocycles. The molecule has 0 N–H and O–H groups in total. The topological polar surface area (TPSA) is 43.2 Å². The third-order valence-corrected chi connectivity index (χ3v) is 5.89. The Hall–Kier alpha value is -2.66. The molecule has 1 fully saturated rings. The monoisotopic (exact) mass is 374 g/mol. The minimum atomic E-state index is 0.432. The average Bonchev–Trinajstić information content (AvgIpc) is 3.37. The molecule has 28 heavy (non-hydrogen) atoms. The van der Waals surface area contributed by atoms with Crippen LogP contribution < -0.4 is 4.74 Å². The van der Waals surface area contributed by atoms with Gasteiger partial charge in [-0.25, -0.2) is 0 Å². The molecule has 0 amide bonds. The summed E-state index contributed by atoms with van der Waals surface area (Å²) in [5, 5.41) is 4.26. The molecule has 2 aliphatic rings. The van der Waals surface area contributed by atoms with E-state index in [0.29, 0.717) is 6.04 Å². The van der Waals surface area contributed by atoms with E-state index in [1.165, 1.54) is 29.5 Å². The van der Waals surface area contributed by atoms with Crippen LogP contribution in [0.3, 0.4) is 0 Å². The van der Waals surface area contributed by atoms with E-state index in [9.17, 15) is 0 Å². The quantitative estimate of drug-likeness (QED) is 0.688. The Balaban J connectivity index is 1.32. The van der Waals surface area contributed by atoms with Crippen molar-refractivity contribution in [2.45, 2.75) is 38.3 Å². The fraction of sp³-hybridized carbons (Fsp3) is 0.391. The number of hydrogen-bond acceptors (Lipinski definition) is 4. The van der Waals surface area contributed by atoms with Crippen LogP contribution in [-0.4, -0.2) is 32.8 Å². The Bertz CT molecular complexity index is 963. The summed E-state index contributed by atoms with van der Waals surface area (Å²) in [5.74, 6) is 0.997. The predicted octanol–water partition coefficient (Wildman–Crippen LogP) is 4.14. The van der Waals surface area contributed by atoms with Gasteiger partial charge < -0.3 is 4.74 Å². The van der Waals surface area contributed by atoms with Gasteiger partial charge in [-0.1, -0.05) is 24.3 Å². The van der Waals surface area contributed by atoms with Crippen LogP contribution in [0.1, 0.15) is 42.1 Å². The molecule has 0 aliphatic carbocycles. The van der Waals surface area contributed by atoms with Gasteiger partial charge >= 0.3 is 0 Å². The third-order valence-electron chi connectivity index (χ3n) is 5.89. The van der Waals surface area contributed by atoms with Gasteiger partial charge in [0.1, 0.15) is 5.75 Å². The number of fused-ring (bicyclic) bond motifs is 1. The molecule has 5 nitrogen and oxygen atoms in total. The Kier molecular flexibility index (Phi) is 4.61. The van der Waals surface area contributed by atoms with E-state index >= 15 is 0 Å². The molecule has 5 rings (SSSR count). The smallest absolute Gasteiger partial charge is 0.141 e. The lowest BCUT2D eigenvalue weighted by Crippen LogP contribution is -2.23. The number of rotatable bonds is 4. The van der Waals surface area contributed by atoms with Crippen LogP contribution in [0.5, 0.6) is 5.75 Å². The van der Waals surface area contributed by atoms with Crippen molar-refractivity contribution in [2.24, 2.45) is 7.05 Å². The maximum atomic E-state index is 5.85. The lowest BCUT2D eigenvalue weighted by molar-refractivity contribution is 0.245. The molecule has 0 spiro atoms. The van der Waals surface area contributed by atoms with Crippen LogP contribution in [0.15, 0.2) is 48.9 Å². The molecule has 2 aliphatic heterocycles. The molecule has 1 atom stereocenters. The molecular weight excluding hydrogens is 348 g/mol. The van der Waals surface area contributed by atoms with Crippen LogP contribution in [0.2, 0.25) is 0 Å². The van der Waals surface area contributed by atoms with Crippen molar-refractivity contribution >= 4 is 0 Å². The standard InChI is InChI=1S/C23H26N4O/c1-26-16-20(14-25-26)18-8-6-17(7-9-18)15-27-10-2-5-22(27)19-12-23-21(24-13-19)4-3-11-28-23/h6-9,12-14,16,22H,2-5,10-11,15H2,1H3/t22-/m1/s1. The zero-order chi connectivity index (χ0) is 18.9. The number of benzene rings is 1. The number of nitrogens with zero attached hydrogens (tertiary/aromatic N) is 4. The lowest BCUT2D eigenvalue weighted by atomic mass is 10.0. The predicted molar refractivity (Wildman–Crippen MR) is 109 cm³/mol. The normalized spacial score (nSPS) is 19.4. The molecule has 5 heteroatoms. The van der Waals surface area contributed by atoms with Crippen LogP contribution in [0, 0.1) is 0 Å². The second-order valence-electron chi connectivity index (χ2n) is 7.89. The van der Waals surface area contributed by atoms with Crippen LogP contribution in [0.25, 0.3) is 11.1 Å². The number of hydrogen-bond donors (Lipinski definition) is 0. The molecule has 2 aromatic heterocycles.